The van der Waals surface area contributed by atoms with E-state index in [1.807, 2.05) is 19.2 Å². The van der Waals surface area contributed by atoms with E-state index in [0.29, 0.717) is 0 Å². The second-order valence-electron chi connectivity index (χ2n) is 2.57. The van der Waals surface area contributed by atoms with Crippen LogP contribution in [0.3, 0.4) is 0 Å². The summed E-state index contributed by atoms with van der Waals surface area (Å²) in [5.74, 6) is 2.58. The molecule has 0 radical (unpaired) electrons. The van der Waals surface area contributed by atoms with Crippen LogP contribution >= 0.6 is 0 Å². The molecule has 0 aliphatic carbocycles. The zero-order valence-electron chi connectivity index (χ0n) is 7.17. The first kappa shape index (κ1) is 8.61. The number of aryl methyl sites for hydroxylation is 1. The maximum atomic E-state index is 5.13. The molecule has 0 unspecified atom stereocenters. The van der Waals surface area contributed by atoms with Gasteiger partial charge in [-0.3, -0.25) is 4.98 Å². The highest BCUT2D eigenvalue weighted by Gasteiger charge is 1.93. The Hall–Kier alpha value is -1.49. The van der Waals surface area contributed by atoms with Gasteiger partial charge in [0.1, 0.15) is 0 Å². The first-order valence-corrected chi connectivity index (χ1v) is 3.92. The Kier molecular flexibility index (Phi) is 3.16. The molecule has 12 heavy (non-hydrogen) atoms. The van der Waals surface area contributed by atoms with E-state index in [2.05, 4.69) is 16.2 Å². The van der Waals surface area contributed by atoms with Crippen LogP contribution in [0.15, 0.2) is 18.5 Å². The molecule has 0 saturated carbocycles. The van der Waals surface area contributed by atoms with Crippen molar-refractivity contribution in [3.63, 3.8) is 0 Å². The van der Waals surface area contributed by atoms with Crippen molar-refractivity contribution in [3.05, 3.63) is 24.0 Å². The first-order valence-electron chi connectivity index (χ1n) is 3.92. The van der Waals surface area contributed by atoms with Crippen LogP contribution in [0.4, 0.5) is 5.69 Å². The topological polar surface area (TPSA) is 24.9 Å². The summed E-state index contributed by atoms with van der Waals surface area (Å²) >= 11 is 0. The summed E-state index contributed by atoms with van der Waals surface area (Å²) in [5, 5.41) is 3.23. The average Bonchev–Trinajstić information content (AvgIpc) is 2.09. The van der Waals surface area contributed by atoms with Gasteiger partial charge in [-0.1, -0.05) is 0 Å². The molecule has 1 aromatic rings. The fraction of sp³-hybridized carbons (Fsp3) is 0.300. The number of hydrogen-bond donors (Lipinski definition) is 1. The fourth-order valence-corrected chi connectivity index (χ4v) is 0.941. The Bertz CT molecular complexity index is 286. The summed E-state index contributed by atoms with van der Waals surface area (Å²) < 4.78 is 0. The molecule has 0 aliphatic heterocycles. The summed E-state index contributed by atoms with van der Waals surface area (Å²) in [6.07, 6.45) is 9.48. The first-order chi connectivity index (χ1) is 5.84. The predicted octanol–water partition coefficient (Wildman–Crippen LogP) is 1.83. The number of rotatable bonds is 3. The zero-order valence-corrected chi connectivity index (χ0v) is 7.17. The smallest absolute Gasteiger partial charge is 0.0401 e. The lowest BCUT2D eigenvalue weighted by Gasteiger charge is -2.05. The molecule has 1 heterocycles. The average molecular weight is 160 g/mol. The number of pyridine rings is 1. The van der Waals surface area contributed by atoms with Gasteiger partial charge in [0.25, 0.3) is 0 Å². The van der Waals surface area contributed by atoms with Crippen molar-refractivity contribution in [2.45, 2.75) is 13.3 Å². The highest BCUT2D eigenvalue weighted by atomic mass is 14.9. The van der Waals surface area contributed by atoms with Crippen LogP contribution in [-0.4, -0.2) is 11.5 Å². The van der Waals surface area contributed by atoms with Crippen LogP contribution in [0.25, 0.3) is 0 Å². The molecule has 1 N–H and O–H groups in total. The van der Waals surface area contributed by atoms with Gasteiger partial charge in [0.15, 0.2) is 0 Å². The van der Waals surface area contributed by atoms with Crippen molar-refractivity contribution in [3.8, 4) is 12.3 Å². The van der Waals surface area contributed by atoms with Crippen LogP contribution < -0.4 is 5.32 Å². The van der Waals surface area contributed by atoms with Gasteiger partial charge in [0.05, 0.1) is 0 Å². The lowest BCUT2D eigenvalue weighted by Crippen LogP contribution is -2.01. The molecule has 2 heteroatoms. The zero-order chi connectivity index (χ0) is 8.81. The Balaban J connectivity index is 2.53. The minimum atomic E-state index is 0.752. The lowest BCUT2D eigenvalue weighted by atomic mass is 10.2. The van der Waals surface area contributed by atoms with Gasteiger partial charge in [0, 0.05) is 31.0 Å². The molecule has 0 atom stereocenters. The molecule has 1 aromatic heterocycles. The van der Waals surface area contributed by atoms with E-state index in [-0.39, 0.29) is 0 Å². The molecule has 0 aromatic carbocycles. The molecule has 0 spiro atoms. The van der Waals surface area contributed by atoms with Crippen molar-refractivity contribution in [2.24, 2.45) is 0 Å². The van der Waals surface area contributed by atoms with Crippen LogP contribution in [0.5, 0.6) is 0 Å². The van der Waals surface area contributed by atoms with Crippen LogP contribution in [-0.2, 0) is 0 Å². The predicted molar refractivity (Wildman–Crippen MR) is 50.9 cm³/mol. The number of anilines is 1. The molecular formula is C10H12N2. The van der Waals surface area contributed by atoms with Crippen molar-refractivity contribution in [1.82, 2.24) is 4.98 Å². The highest BCUT2D eigenvalue weighted by molar-refractivity contribution is 5.48. The standard InChI is InChI=1S/C10H12N2/c1-3-4-6-12-10-5-7-11-8-9(10)2/h1,5,7-8H,4,6H2,2H3,(H,11,12). The normalized spacial score (nSPS) is 9.00. The molecule has 2 nitrogen and oxygen atoms in total. The van der Waals surface area contributed by atoms with E-state index in [9.17, 15) is 0 Å². The van der Waals surface area contributed by atoms with Gasteiger partial charge < -0.3 is 5.32 Å². The Labute approximate surface area is 73.0 Å². The summed E-state index contributed by atoms with van der Waals surface area (Å²) in [6, 6.07) is 1.95. The summed E-state index contributed by atoms with van der Waals surface area (Å²) in [5.41, 5.74) is 2.26. The van der Waals surface area contributed by atoms with E-state index in [0.717, 1.165) is 24.2 Å². The summed E-state index contributed by atoms with van der Waals surface area (Å²) in [7, 11) is 0. The Morgan fingerprint density at radius 2 is 2.50 bits per heavy atom. The van der Waals surface area contributed by atoms with E-state index in [1.54, 1.807) is 6.20 Å². The van der Waals surface area contributed by atoms with E-state index < -0.39 is 0 Å². The molecule has 0 amide bonds. The molecule has 0 aliphatic rings. The number of terminal acetylenes is 1. The number of nitrogens with zero attached hydrogens (tertiary/aromatic N) is 1. The van der Waals surface area contributed by atoms with Crippen molar-refractivity contribution < 1.29 is 0 Å². The van der Waals surface area contributed by atoms with E-state index in [1.165, 1.54) is 0 Å². The fourth-order valence-electron chi connectivity index (χ4n) is 0.941. The van der Waals surface area contributed by atoms with Gasteiger partial charge in [-0.05, 0) is 18.6 Å². The van der Waals surface area contributed by atoms with Gasteiger partial charge in [-0.25, -0.2) is 0 Å². The highest BCUT2D eigenvalue weighted by Crippen LogP contribution is 2.10. The van der Waals surface area contributed by atoms with Gasteiger partial charge in [-0.15, -0.1) is 12.3 Å². The summed E-state index contributed by atoms with van der Waals surface area (Å²) in [6.45, 7) is 2.84. The number of nitrogens with one attached hydrogen (secondary N) is 1. The van der Waals surface area contributed by atoms with Gasteiger partial charge in [-0.2, -0.15) is 0 Å². The molecule has 1 rings (SSSR count). The third kappa shape index (κ3) is 2.28. The third-order valence-electron chi connectivity index (χ3n) is 1.61. The van der Waals surface area contributed by atoms with Crippen LogP contribution in [0.1, 0.15) is 12.0 Å². The SMILES string of the molecule is C#CCCNc1ccncc1C. The molecule has 0 bridgehead atoms. The third-order valence-corrected chi connectivity index (χ3v) is 1.61. The van der Waals surface area contributed by atoms with Crippen LogP contribution in [0.2, 0.25) is 0 Å². The Morgan fingerprint density at radius 3 is 3.17 bits per heavy atom. The number of hydrogen-bond acceptors (Lipinski definition) is 2. The molecule has 0 fully saturated rings. The minimum absolute atomic E-state index is 0.752. The number of aromatic nitrogens is 1. The summed E-state index contributed by atoms with van der Waals surface area (Å²) in [4.78, 5) is 3.99. The maximum Gasteiger partial charge on any atom is 0.0401 e. The molecule has 0 saturated heterocycles. The second-order valence-corrected chi connectivity index (χ2v) is 2.57. The molecule has 62 valence electrons. The monoisotopic (exact) mass is 160 g/mol. The van der Waals surface area contributed by atoms with Crippen LogP contribution in [0, 0.1) is 19.3 Å². The lowest BCUT2D eigenvalue weighted by molar-refractivity contribution is 1.09. The largest absolute Gasteiger partial charge is 0.384 e. The van der Waals surface area contributed by atoms with Gasteiger partial charge in [0.2, 0.25) is 0 Å². The van der Waals surface area contributed by atoms with E-state index in [4.69, 9.17) is 6.42 Å². The second kappa shape index (κ2) is 4.40. The minimum Gasteiger partial charge on any atom is -0.384 e. The van der Waals surface area contributed by atoms with Crippen molar-refractivity contribution >= 4 is 5.69 Å². The van der Waals surface area contributed by atoms with Crippen molar-refractivity contribution in [1.29, 1.82) is 0 Å². The van der Waals surface area contributed by atoms with E-state index >= 15 is 0 Å². The Morgan fingerprint density at radius 1 is 1.67 bits per heavy atom. The maximum absolute atomic E-state index is 5.13. The quantitative estimate of drug-likeness (QED) is 0.539. The van der Waals surface area contributed by atoms with Gasteiger partial charge >= 0.3 is 0 Å². The molecular weight excluding hydrogens is 148 g/mol. The van der Waals surface area contributed by atoms with Crippen molar-refractivity contribution in [2.75, 3.05) is 11.9 Å².